The highest BCUT2D eigenvalue weighted by molar-refractivity contribution is 7.09. The number of para-hydroxylation sites is 1. The van der Waals surface area contributed by atoms with Gasteiger partial charge in [-0.3, -0.25) is 0 Å². The summed E-state index contributed by atoms with van der Waals surface area (Å²) in [5.41, 5.74) is 0.990. The van der Waals surface area contributed by atoms with E-state index >= 15 is 0 Å². The van der Waals surface area contributed by atoms with Crippen molar-refractivity contribution in [1.29, 1.82) is 0 Å². The van der Waals surface area contributed by atoms with E-state index in [0.29, 0.717) is 0 Å². The molecular formula is C14H12OS. The first kappa shape index (κ1) is 9.67. The second kappa shape index (κ2) is 4.14. The predicted octanol–water partition coefficient (Wildman–Crippen LogP) is 4.28. The number of hydrogen-bond acceptors (Lipinski definition) is 2. The van der Waals surface area contributed by atoms with Crippen molar-refractivity contribution in [2.45, 2.75) is 12.8 Å². The maximum absolute atomic E-state index is 5.77. The molecule has 0 spiro atoms. The lowest BCUT2D eigenvalue weighted by atomic mass is 10.2. The summed E-state index contributed by atoms with van der Waals surface area (Å²) in [7, 11) is 0. The van der Waals surface area contributed by atoms with Crippen molar-refractivity contribution >= 4 is 22.3 Å². The Labute approximate surface area is 98.3 Å². The summed E-state index contributed by atoms with van der Waals surface area (Å²) >= 11 is 1.81. The van der Waals surface area contributed by atoms with E-state index < -0.39 is 0 Å². The highest BCUT2D eigenvalue weighted by atomic mass is 32.1. The van der Waals surface area contributed by atoms with Crippen molar-refractivity contribution < 1.29 is 4.42 Å². The monoisotopic (exact) mass is 228 g/mol. The lowest BCUT2D eigenvalue weighted by Crippen LogP contribution is -1.84. The Morgan fingerprint density at radius 1 is 1.00 bits per heavy atom. The van der Waals surface area contributed by atoms with Crippen LogP contribution in [-0.2, 0) is 12.8 Å². The molecule has 0 saturated carbocycles. The van der Waals surface area contributed by atoms with Crippen molar-refractivity contribution in [3.8, 4) is 0 Å². The Balaban J connectivity index is 1.79. The van der Waals surface area contributed by atoms with Gasteiger partial charge in [0.15, 0.2) is 0 Å². The minimum atomic E-state index is 0.981. The Kier molecular flexibility index (Phi) is 2.50. The maximum atomic E-state index is 5.77. The standard InChI is InChI=1S/C14H12OS/c1-2-6-14-11(4-1)10-12(15-14)7-8-13-5-3-9-16-13/h1-6,9-10H,7-8H2. The number of aryl methyl sites for hydroxylation is 2. The molecule has 0 N–H and O–H groups in total. The Hall–Kier alpha value is -1.54. The molecule has 1 aromatic carbocycles. The van der Waals surface area contributed by atoms with E-state index in [-0.39, 0.29) is 0 Å². The molecule has 3 rings (SSSR count). The largest absolute Gasteiger partial charge is 0.461 e. The van der Waals surface area contributed by atoms with Crippen LogP contribution in [0.25, 0.3) is 11.0 Å². The van der Waals surface area contributed by atoms with Gasteiger partial charge in [-0.15, -0.1) is 11.3 Å². The van der Waals surface area contributed by atoms with Crippen LogP contribution in [0.1, 0.15) is 10.6 Å². The summed E-state index contributed by atoms with van der Waals surface area (Å²) in [5, 5.41) is 3.32. The molecule has 0 bridgehead atoms. The smallest absolute Gasteiger partial charge is 0.134 e. The summed E-state index contributed by atoms with van der Waals surface area (Å²) < 4.78 is 5.77. The molecule has 0 saturated heterocycles. The molecule has 0 radical (unpaired) electrons. The van der Waals surface area contributed by atoms with Crippen LogP contribution in [0.2, 0.25) is 0 Å². The summed E-state index contributed by atoms with van der Waals surface area (Å²) in [5.74, 6) is 1.08. The van der Waals surface area contributed by atoms with Gasteiger partial charge in [-0.1, -0.05) is 24.3 Å². The van der Waals surface area contributed by atoms with Crippen molar-refractivity contribution in [1.82, 2.24) is 0 Å². The first-order valence-electron chi connectivity index (χ1n) is 5.42. The molecule has 0 atom stereocenters. The Bertz CT molecular complexity index is 545. The van der Waals surface area contributed by atoms with Gasteiger partial charge in [-0.05, 0) is 30.0 Å². The van der Waals surface area contributed by atoms with E-state index in [0.717, 1.165) is 24.2 Å². The van der Waals surface area contributed by atoms with Crippen LogP contribution >= 0.6 is 11.3 Å². The molecule has 3 aromatic rings. The van der Waals surface area contributed by atoms with Gasteiger partial charge in [0.1, 0.15) is 11.3 Å². The summed E-state index contributed by atoms with van der Waals surface area (Å²) in [4.78, 5) is 1.42. The molecule has 0 aliphatic heterocycles. The number of thiophene rings is 1. The second-order valence-corrected chi connectivity index (χ2v) is 4.86. The number of hydrogen-bond donors (Lipinski definition) is 0. The average Bonchev–Trinajstić information content (AvgIpc) is 2.95. The Morgan fingerprint density at radius 2 is 1.94 bits per heavy atom. The lowest BCUT2D eigenvalue weighted by Gasteiger charge is -1.93. The molecule has 16 heavy (non-hydrogen) atoms. The minimum Gasteiger partial charge on any atom is -0.461 e. The van der Waals surface area contributed by atoms with Crippen LogP contribution in [-0.4, -0.2) is 0 Å². The van der Waals surface area contributed by atoms with Crippen molar-refractivity contribution in [3.05, 3.63) is 58.5 Å². The minimum absolute atomic E-state index is 0.981. The second-order valence-electron chi connectivity index (χ2n) is 3.83. The van der Waals surface area contributed by atoms with E-state index in [1.165, 1.54) is 10.3 Å². The number of fused-ring (bicyclic) bond motifs is 1. The zero-order chi connectivity index (χ0) is 10.8. The van der Waals surface area contributed by atoms with Gasteiger partial charge in [0.2, 0.25) is 0 Å². The van der Waals surface area contributed by atoms with Gasteiger partial charge in [-0.2, -0.15) is 0 Å². The fourth-order valence-electron chi connectivity index (χ4n) is 1.86. The van der Waals surface area contributed by atoms with E-state index in [2.05, 4.69) is 29.6 Å². The van der Waals surface area contributed by atoms with E-state index in [1.54, 1.807) is 0 Å². The number of benzene rings is 1. The highest BCUT2D eigenvalue weighted by Crippen LogP contribution is 2.20. The van der Waals surface area contributed by atoms with E-state index in [9.17, 15) is 0 Å². The molecule has 0 aliphatic carbocycles. The van der Waals surface area contributed by atoms with Gasteiger partial charge in [0, 0.05) is 16.7 Å². The number of furan rings is 1. The number of rotatable bonds is 3. The maximum Gasteiger partial charge on any atom is 0.134 e. The third-order valence-corrected chi connectivity index (χ3v) is 3.61. The topological polar surface area (TPSA) is 13.1 Å². The molecule has 2 heterocycles. The highest BCUT2D eigenvalue weighted by Gasteiger charge is 2.03. The van der Waals surface area contributed by atoms with Crippen molar-refractivity contribution in [2.75, 3.05) is 0 Å². The fourth-order valence-corrected chi connectivity index (χ4v) is 2.57. The summed E-state index contributed by atoms with van der Waals surface area (Å²) in [6.45, 7) is 0. The van der Waals surface area contributed by atoms with Crippen LogP contribution in [0.5, 0.6) is 0 Å². The van der Waals surface area contributed by atoms with Crippen LogP contribution in [0, 0.1) is 0 Å². The molecule has 1 nitrogen and oxygen atoms in total. The van der Waals surface area contributed by atoms with Crippen molar-refractivity contribution in [3.63, 3.8) is 0 Å². The molecule has 80 valence electrons. The first-order valence-corrected chi connectivity index (χ1v) is 6.29. The summed E-state index contributed by atoms with van der Waals surface area (Å²) in [6, 6.07) is 14.6. The van der Waals surface area contributed by atoms with Gasteiger partial charge < -0.3 is 4.42 Å². The molecule has 0 unspecified atom stereocenters. The Morgan fingerprint density at radius 3 is 2.75 bits per heavy atom. The molecular weight excluding hydrogens is 216 g/mol. The molecule has 0 amide bonds. The SMILES string of the molecule is c1csc(CCc2cc3ccccc3o2)c1. The van der Waals surface area contributed by atoms with Gasteiger partial charge >= 0.3 is 0 Å². The van der Waals surface area contributed by atoms with Crippen LogP contribution in [0.4, 0.5) is 0 Å². The zero-order valence-corrected chi connectivity index (χ0v) is 9.67. The third-order valence-electron chi connectivity index (χ3n) is 2.67. The van der Waals surface area contributed by atoms with E-state index in [1.807, 2.05) is 29.5 Å². The third kappa shape index (κ3) is 1.89. The van der Waals surface area contributed by atoms with Crippen LogP contribution < -0.4 is 0 Å². The van der Waals surface area contributed by atoms with E-state index in [4.69, 9.17) is 4.42 Å². The van der Waals surface area contributed by atoms with Crippen LogP contribution in [0.15, 0.2) is 52.3 Å². The van der Waals surface area contributed by atoms with Crippen LogP contribution in [0.3, 0.4) is 0 Å². The summed E-state index contributed by atoms with van der Waals surface area (Å²) in [6.07, 6.45) is 2.05. The van der Waals surface area contributed by atoms with Gasteiger partial charge in [0.05, 0.1) is 0 Å². The lowest BCUT2D eigenvalue weighted by molar-refractivity contribution is 0.548. The molecule has 0 fully saturated rings. The predicted molar refractivity (Wildman–Crippen MR) is 67.9 cm³/mol. The van der Waals surface area contributed by atoms with Gasteiger partial charge in [-0.25, -0.2) is 0 Å². The molecule has 2 heteroatoms. The van der Waals surface area contributed by atoms with Gasteiger partial charge in [0.25, 0.3) is 0 Å². The molecule has 0 aliphatic rings. The first-order chi connectivity index (χ1) is 7.92. The fraction of sp³-hybridized carbons (Fsp3) is 0.143. The average molecular weight is 228 g/mol. The zero-order valence-electron chi connectivity index (χ0n) is 8.85. The quantitative estimate of drug-likeness (QED) is 0.652. The molecule has 2 aromatic heterocycles. The normalized spacial score (nSPS) is 11.0. The van der Waals surface area contributed by atoms with Crippen molar-refractivity contribution in [2.24, 2.45) is 0 Å².